The molecule has 0 spiro atoms. The first kappa shape index (κ1) is 14.3. The van der Waals surface area contributed by atoms with Gasteiger partial charge in [0.2, 0.25) is 0 Å². The Hall–Kier alpha value is -2.07. The zero-order chi connectivity index (χ0) is 14.5. The lowest BCUT2D eigenvalue weighted by Gasteiger charge is -2.04. The molecule has 0 aliphatic rings. The van der Waals surface area contributed by atoms with Crippen molar-refractivity contribution in [1.29, 1.82) is 0 Å². The van der Waals surface area contributed by atoms with Crippen molar-refractivity contribution in [1.82, 2.24) is 0 Å². The number of carbonyl (C=O) groups is 1. The van der Waals surface area contributed by atoms with Gasteiger partial charge in [-0.1, -0.05) is 34.1 Å². The fraction of sp³-hybridized carbons (Fsp3) is 0.0625. The number of aromatic hydroxyl groups is 1. The van der Waals surface area contributed by atoms with Crippen LogP contribution in [0.2, 0.25) is 0 Å². The van der Waals surface area contributed by atoms with Crippen molar-refractivity contribution in [2.45, 2.75) is 6.92 Å². The number of benzene rings is 2. The number of rotatable bonds is 4. The summed E-state index contributed by atoms with van der Waals surface area (Å²) in [6.45, 7) is 1.93. The molecule has 4 heteroatoms. The topological polar surface area (TPSA) is 49.3 Å². The summed E-state index contributed by atoms with van der Waals surface area (Å²) >= 11 is 3.33. The molecule has 0 aliphatic carbocycles. The maximum atomic E-state index is 11.9. The zero-order valence-corrected chi connectivity index (χ0v) is 12.5. The minimum Gasteiger partial charge on any atom is -0.506 e. The van der Waals surface area contributed by atoms with Crippen molar-refractivity contribution < 1.29 is 9.90 Å². The van der Waals surface area contributed by atoms with Gasteiger partial charge in [-0.25, -0.2) is 0 Å². The van der Waals surface area contributed by atoms with Gasteiger partial charge in [-0.05, 0) is 36.8 Å². The van der Waals surface area contributed by atoms with Crippen LogP contribution in [0.1, 0.15) is 15.9 Å². The maximum Gasteiger partial charge on any atom is 0.187 e. The van der Waals surface area contributed by atoms with Crippen LogP contribution in [0.5, 0.6) is 5.75 Å². The summed E-state index contributed by atoms with van der Waals surface area (Å²) in [5, 5.41) is 12.6. The average Bonchev–Trinajstić information content (AvgIpc) is 2.42. The number of aryl methyl sites for hydroxylation is 1. The highest BCUT2D eigenvalue weighted by atomic mass is 79.9. The van der Waals surface area contributed by atoms with E-state index in [2.05, 4.69) is 21.2 Å². The molecule has 0 aromatic heterocycles. The first-order chi connectivity index (χ1) is 9.56. The number of ketones is 1. The minimum absolute atomic E-state index is 0.106. The van der Waals surface area contributed by atoms with Crippen molar-refractivity contribution >= 4 is 27.4 Å². The first-order valence-electron chi connectivity index (χ1n) is 6.09. The fourth-order valence-corrected chi connectivity index (χ4v) is 2.11. The number of phenols is 1. The van der Waals surface area contributed by atoms with Gasteiger partial charge in [0.05, 0.1) is 5.69 Å². The lowest BCUT2D eigenvalue weighted by molar-refractivity contribution is 0.104. The third kappa shape index (κ3) is 3.71. The van der Waals surface area contributed by atoms with Gasteiger partial charge < -0.3 is 10.4 Å². The molecule has 2 rings (SSSR count). The molecule has 2 N–H and O–H groups in total. The Bertz CT molecular complexity index is 665. The van der Waals surface area contributed by atoms with E-state index < -0.39 is 0 Å². The molecule has 20 heavy (non-hydrogen) atoms. The van der Waals surface area contributed by atoms with Crippen molar-refractivity contribution in [2.75, 3.05) is 5.32 Å². The molecule has 102 valence electrons. The average molecular weight is 332 g/mol. The van der Waals surface area contributed by atoms with Gasteiger partial charge in [-0.15, -0.1) is 0 Å². The van der Waals surface area contributed by atoms with Crippen LogP contribution in [0.15, 0.2) is 59.2 Å². The molecule has 2 aromatic carbocycles. The highest BCUT2D eigenvalue weighted by Crippen LogP contribution is 2.23. The Labute approximate surface area is 126 Å². The van der Waals surface area contributed by atoms with Gasteiger partial charge >= 0.3 is 0 Å². The summed E-state index contributed by atoms with van der Waals surface area (Å²) in [4.78, 5) is 11.9. The first-order valence-corrected chi connectivity index (χ1v) is 6.88. The van der Waals surface area contributed by atoms with Crippen molar-refractivity contribution in [2.24, 2.45) is 0 Å². The molecular weight excluding hydrogens is 318 g/mol. The van der Waals surface area contributed by atoms with Gasteiger partial charge in [0, 0.05) is 22.3 Å². The predicted octanol–water partition coefficient (Wildman–Crippen LogP) is 4.27. The van der Waals surface area contributed by atoms with E-state index in [1.807, 2.05) is 31.2 Å². The third-order valence-electron chi connectivity index (χ3n) is 2.73. The number of phenolic OH excluding ortho intramolecular Hbond substituents is 1. The predicted molar refractivity (Wildman–Crippen MR) is 84.1 cm³/mol. The van der Waals surface area contributed by atoms with E-state index in [0.717, 1.165) is 10.0 Å². The maximum absolute atomic E-state index is 11.9. The summed E-state index contributed by atoms with van der Waals surface area (Å²) in [7, 11) is 0. The van der Waals surface area contributed by atoms with Crippen molar-refractivity contribution in [3.8, 4) is 5.75 Å². The zero-order valence-electron chi connectivity index (χ0n) is 10.9. The van der Waals surface area contributed by atoms with E-state index in [-0.39, 0.29) is 11.5 Å². The quantitative estimate of drug-likeness (QED) is 0.499. The monoisotopic (exact) mass is 331 g/mol. The highest BCUT2D eigenvalue weighted by molar-refractivity contribution is 9.10. The van der Waals surface area contributed by atoms with Crippen LogP contribution < -0.4 is 5.32 Å². The molecule has 0 saturated carbocycles. The van der Waals surface area contributed by atoms with E-state index in [4.69, 9.17) is 0 Å². The van der Waals surface area contributed by atoms with E-state index in [1.165, 1.54) is 12.3 Å². The van der Waals surface area contributed by atoms with Crippen LogP contribution in [0.25, 0.3) is 0 Å². The molecule has 0 bridgehead atoms. The minimum atomic E-state index is -0.106. The second-order valence-electron chi connectivity index (χ2n) is 4.37. The molecule has 0 unspecified atom stereocenters. The van der Waals surface area contributed by atoms with Crippen molar-refractivity contribution in [3.05, 3.63) is 70.3 Å². The number of allylic oxidation sites excluding steroid dienone is 1. The van der Waals surface area contributed by atoms with Crippen LogP contribution >= 0.6 is 15.9 Å². The second kappa shape index (κ2) is 6.39. The molecule has 0 saturated heterocycles. The number of halogens is 1. The van der Waals surface area contributed by atoms with E-state index in [0.29, 0.717) is 11.3 Å². The van der Waals surface area contributed by atoms with Crippen LogP contribution in [-0.2, 0) is 0 Å². The van der Waals surface area contributed by atoms with Gasteiger partial charge in [0.25, 0.3) is 0 Å². The normalized spacial score (nSPS) is 10.7. The van der Waals surface area contributed by atoms with Crippen LogP contribution in [-0.4, -0.2) is 10.9 Å². The molecule has 0 radical (unpaired) electrons. The summed E-state index contributed by atoms with van der Waals surface area (Å²) < 4.78 is 0.862. The largest absolute Gasteiger partial charge is 0.506 e. The number of hydrogen-bond acceptors (Lipinski definition) is 3. The summed E-state index contributed by atoms with van der Waals surface area (Å²) in [5.74, 6) is 0.0427. The smallest absolute Gasteiger partial charge is 0.187 e. The lowest BCUT2D eigenvalue weighted by atomic mass is 10.1. The summed E-state index contributed by atoms with van der Waals surface area (Å²) in [5.41, 5.74) is 2.20. The van der Waals surface area contributed by atoms with Crippen molar-refractivity contribution in [3.63, 3.8) is 0 Å². The van der Waals surface area contributed by atoms with Crippen LogP contribution in [0.4, 0.5) is 5.69 Å². The van der Waals surface area contributed by atoms with Gasteiger partial charge in [0.15, 0.2) is 5.78 Å². The van der Waals surface area contributed by atoms with E-state index in [9.17, 15) is 9.90 Å². The SMILES string of the molecule is Cc1ccc(O)c(N/C=C/C(=O)c2cccc(Br)c2)c1. The Morgan fingerprint density at radius 1 is 1.25 bits per heavy atom. The third-order valence-corrected chi connectivity index (χ3v) is 3.23. The second-order valence-corrected chi connectivity index (χ2v) is 5.29. The molecule has 0 heterocycles. The van der Waals surface area contributed by atoms with Crippen LogP contribution in [0, 0.1) is 6.92 Å². The lowest BCUT2D eigenvalue weighted by Crippen LogP contribution is -1.96. The summed E-state index contributed by atoms with van der Waals surface area (Å²) in [6.07, 6.45) is 2.96. The van der Waals surface area contributed by atoms with E-state index in [1.54, 1.807) is 18.2 Å². The number of hydrogen-bond donors (Lipinski definition) is 2. The Balaban J connectivity index is 2.06. The molecular formula is C16H14BrNO2. The molecule has 0 amide bonds. The fourth-order valence-electron chi connectivity index (χ4n) is 1.71. The Morgan fingerprint density at radius 2 is 2.05 bits per heavy atom. The standard InChI is InChI=1S/C16H14BrNO2/c1-11-5-6-16(20)14(9-11)18-8-7-15(19)12-3-2-4-13(17)10-12/h2-10,18,20H,1H3/b8-7+. The van der Waals surface area contributed by atoms with E-state index >= 15 is 0 Å². The summed E-state index contributed by atoms with van der Waals surface area (Å²) in [6, 6.07) is 12.4. The molecule has 2 aromatic rings. The number of nitrogens with one attached hydrogen (secondary N) is 1. The molecule has 3 nitrogen and oxygen atoms in total. The molecule has 0 aliphatic heterocycles. The van der Waals surface area contributed by atoms with Crippen LogP contribution in [0.3, 0.4) is 0 Å². The number of carbonyl (C=O) groups excluding carboxylic acids is 1. The Kier molecular flexibility index (Phi) is 4.58. The highest BCUT2D eigenvalue weighted by Gasteiger charge is 2.02. The number of anilines is 1. The van der Waals surface area contributed by atoms with Gasteiger partial charge in [-0.3, -0.25) is 4.79 Å². The van der Waals surface area contributed by atoms with Gasteiger partial charge in [-0.2, -0.15) is 0 Å². The Morgan fingerprint density at radius 3 is 2.80 bits per heavy atom. The molecule has 0 fully saturated rings. The molecule has 0 atom stereocenters. The van der Waals surface area contributed by atoms with Gasteiger partial charge in [0.1, 0.15) is 5.75 Å².